The van der Waals surface area contributed by atoms with Gasteiger partial charge in [0.1, 0.15) is 11.6 Å². The number of carbonyl (C=O) groups excluding carboxylic acids is 1. The van der Waals surface area contributed by atoms with E-state index in [1.807, 2.05) is 30.3 Å². The zero-order chi connectivity index (χ0) is 17.2. The van der Waals surface area contributed by atoms with Crippen molar-refractivity contribution in [2.24, 2.45) is 0 Å². The van der Waals surface area contributed by atoms with Crippen LogP contribution in [0.5, 0.6) is 0 Å². The third-order valence-electron chi connectivity index (χ3n) is 4.41. The smallest absolute Gasteiger partial charge is 0.253 e. The van der Waals surface area contributed by atoms with Crippen molar-refractivity contribution in [3.63, 3.8) is 0 Å². The molecule has 0 radical (unpaired) electrons. The molecule has 128 valence electrons. The molecule has 1 fully saturated rings. The third kappa shape index (κ3) is 3.33. The van der Waals surface area contributed by atoms with E-state index in [0.717, 1.165) is 29.2 Å². The summed E-state index contributed by atoms with van der Waals surface area (Å²) in [5.74, 6) is 1.55. The molecule has 0 aliphatic heterocycles. The zero-order valence-corrected chi connectivity index (χ0v) is 14.2. The van der Waals surface area contributed by atoms with Crippen LogP contribution >= 0.6 is 0 Å². The minimum absolute atomic E-state index is 0.139. The molecule has 2 N–H and O–H groups in total. The highest BCUT2D eigenvalue weighted by molar-refractivity contribution is 5.94. The molecule has 1 aliphatic rings. The lowest BCUT2D eigenvalue weighted by Crippen LogP contribution is -2.24. The van der Waals surface area contributed by atoms with Gasteiger partial charge in [0.15, 0.2) is 0 Å². The average molecular weight is 335 g/mol. The largest absolute Gasteiger partial charge is 0.367 e. The normalized spacial score (nSPS) is 13.8. The van der Waals surface area contributed by atoms with Crippen molar-refractivity contribution in [2.75, 3.05) is 5.32 Å². The molecule has 0 spiro atoms. The molecule has 1 aromatic carbocycles. The number of pyridine rings is 1. The topological polar surface area (TPSA) is 71.8 Å². The fraction of sp³-hybridized carbons (Fsp3) is 0.316. The lowest BCUT2D eigenvalue weighted by molar-refractivity contribution is 0.0949. The first-order valence-corrected chi connectivity index (χ1v) is 8.69. The first kappa shape index (κ1) is 15.6. The van der Waals surface area contributed by atoms with Gasteiger partial charge in [-0.1, -0.05) is 12.1 Å². The number of carbonyl (C=O) groups is 1. The van der Waals surface area contributed by atoms with Crippen molar-refractivity contribution in [2.45, 2.75) is 38.9 Å². The number of amides is 1. The quantitative estimate of drug-likeness (QED) is 0.726. The van der Waals surface area contributed by atoms with Crippen LogP contribution in [0.1, 0.15) is 35.9 Å². The van der Waals surface area contributed by atoms with Crippen molar-refractivity contribution in [3.8, 4) is 0 Å². The Morgan fingerprint density at radius 2 is 2.08 bits per heavy atom. The maximum Gasteiger partial charge on any atom is 0.253 e. The molecule has 0 atom stereocenters. The minimum atomic E-state index is -0.139. The Bertz CT molecular complexity index is 896. The molecule has 6 nitrogen and oxygen atoms in total. The van der Waals surface area contributed by atoms with E-state index in [1.54, 1.807) is 12.3 Å². The Kier molecular flexibility index (Phi) is 4.09. The maximum atomic E-state index is 12.4. The van der Waals surface area contributed by atoms with Gasteiger partial charge in [-0.25, -0.2) is 9.97 Å². The van der Waals surface area contributed by atoms with Gasteiger partial charge in [0, 0.05) is 18.8 Å². The molecule has 0 saturated heterocycles. The SMILES string of the molecule is CCn1c(CNC(=O)c2ccc(NC3CC3)nc2)nc2ccccc21. The highest BCUT2D eigenvalue weighted by Gasteiger charge is 2.21. The number of hydrogen-bond donors (Lipinski definition) is 2. The van der Waals surface area contributed by atoms with Crippen LogP contribution in [0.15, 0.2) is 42.6 Å². The number of benzene rings is 1. The number of hydrogen-bond acceptors (Lipinski definition) is 4. The molecule has 1 saturated carbocycles. The van der Waals surface area contributed by atoms with Crippen LogP contribution in [0.3, 0.4) is 0 Å². The van der Waals surface area contributed by atoms with E-state index in [2.05, 4.69) is 32.1 Å². The molecule has 4 rings (SSSR count). The summed E-state index contributed by atoms with van der Waals surface area (Å²) in [5.41, 5.74) is 2.60. The summed E-state index contributed by atoms with van der Waals surface area (Å²) in [4.78, 5) is 21.3. The number of aryl methyl sites for hydroxylation is 1. The van der Waals surface area contributed by atoms with Gasteiger partial charge in [0.05, 0.1) is 23.1 Å². The summed E-state index contributed by atoms with van der Waals surface area (Å²) in [7, 11) is 0. The first-order valence-electron chi connectivity index (χ1n) is 8.69. The van der Waals surface area contributed by atoms with E-state index >= 15 is 0 Å². The maximum absolute atomic E-state index is 12.4. The molecular formula is C19H21N5O. The first-order chi connectivity index (χ1) is 12.2. The molecule has 1 amide bonds. The van der Waals surface area contributed by atoms with Crippen LogP contribution in [0, 0.1) is 0 Å². The second-order valence-electron chi connectivity index (χ2n) is 6.29. The third-order valence-corrected chi connectivity index (χ3v) is 4.41. The Morgan fingerprint density at radius 3 is 2.80 bits per heavy atom. The van der Waals surface area contributed by atoms with Crippen molar-refractivity contribution in [1.82, 2.24) is 19.9 Å². The fourth-order valence-corrected chi connectivity index (χ4v) is 2.92. The summed E-state index contributed by atoms with van der Waals surface area (Å²) >= 11 is 0. The van der Waals surface area contributed by atoms with Gasteiger partial charge in [-0.2, -0.15) is 0 Å². The van der Waals surface area contributed by atoms with Gasteiger partial charge < -0.3 is 15.2 Å². The number of nitrogens with one attached hydrogen (secondary N) is 2. The van der Waals surface area contributed by atoms with Gasteiger partial charge in [-0.05, 0) is 44.0 Å². The van der Waals surface area contributed by atoms with E-state index < -0.39 is 0 Å². The Morgan fingerprint density at radius 1 is 1.24 bits per heavy atom. The Labute approximate surface area is 146 Å². The molecule has 3 aromatic rings. The molecule has 0 bridgehead atoms. The Hall–Kier alpha value is -2.89. The standard InChI is InChI=1S/C19H21N5O/c1-2-24-16-6-4-3-5-15(16)23-18(24)12-21-19(25)13-7-10-17(20-11-13)22-14-8-9-14/h3-7,10-11,14H,2,8-9,12H2,1H3,(H,20,22)(H,21,25). The average Bonchev–Trinajstić information content (AvgIpc) is 3.38. The molecular weight excluding hydrogens is 314 g/mol. The van der Waals surface area contributed by atoms with E-state index in [4.69, 9.17) is 0 Å². The van der Waals surface area contributed by atoms with E-state index in [-0.39, 0.29) is 5.91 Å². The van der Waals surface area contributed by atoms with Crippen molar-refractivity contribution >= 4 is 22.8 Å². The molecule has 25 heavy (non-hydrogen) atoms. The lowest BCUT2D eigenvalue weighted by atomic mass is 10.2. The fourth-order valence-electron chi connectivity index (χ4n) is 2.92. The number of nitrogens with zero attached hydrogens (tertiary/aromatic N) is 3. The Balaban J connectivity index is 1.44. The molecule has 2 aromatic heterocycles. The van der Waals surface area contributed by atoms with Crippen LogP contribution in [0.2, 0.25) is 0 Å². The van der Waals surface area contributed by atoms with Crippen LogP contribution in [0.4, 0.5) is 5.82 Å². The number of aromatic nitrogens is 3. The summed E-state index contributed by atoms with van der Waals surface area (Å²) in [6, 6.07) is 12.2. The van der Waals surface area contributed by atoms with Gasteiger partial charge in [0.2, 0.25) is 0 Å². The minimum Gasteiger partial charge on any atom is -0.367 e. The second kappa shape index (κ2) is 6.55. The highest BCUT2D eigenvalue weighted by Crippen LogP contribution is 2.23. The number of imidazole rings is 1. The van der Waals surface area contributed by atoms with E-state index in [0.29, 0.717) is 18.2 Å². The van der Waals surface area contributed by atoms with Crippen LogP contribution in [0.25, 0.3) is 11.0 Å². The van der Waals surface area contributed by atoms with Gasteiger partial charge in [-0.3, -0.25) is 4.79 Å². The van der Waals surface area contributed by atoms with E-state index in [9.17, 15) is 4.79 Å². The van der Waals surface area contributed by atoms with Gasteiger partial charge >= 0.3 is 0 Å². The summed E-state index contributed by atoms with van der Waals surface area (Å²) in [5, 5.41) is 6.25. The highest BCUT2D eigenvalue weighted by atomic mass is 16.1. The van der Waals surface area contributed by atoms with Gasteiger partial charge in [-0.15, -0.1) is 0 Å². The number of rotatable bonds is 6. The monoisotopic (exact) mass is 335 g/mol. The second-order valence-corrected chi connectivity index (χ2v) is 6.29. The number of para-hydroxylation sites is 2. The number of anilines is 1. The van der Waals surface area contributed by atoms with E-state index in [1.165, 1.54) is 12.8 Å². The summed E-state index contributed by atoms with van der Waals surface area (Å²) in [6.45, 7) is 3.28. The van der Waals surface area contributed by atoms with Crippen LogP contribution < -0.4 is 10.6 Å². The summed E-state index contributed by atoms with van der Waals surface area (Å²) < 4.78 is 2.12. The molecule has 1 aliphatic carbocycles. The van der Waals surface area contributed by atoms with Crippen molar-refractivity contribution in [1.29, 1.82) is 0 Å². The van der Waals surface area contributed by atoms with Crippen LogP contribution in [-0.4, -0.2) is 26.5 Å². The number of fused-ring (bicyclic) bond motifs is 1. The molecule has 6 heteroatoms. The van der Waals surface area contributed by atoms with Crippen LogP contribution in [-0.2, 0) is 13.1 Å². The molecule has 2 heterocycles. The summed E-state index contributed by atoms with van der Waals surface area (Å²) in [6.07, 6.45) is 4.01. The predicted molar refractivity (Wildman–Crippen MR) is 97.5 cm³/mol. The molecule has 0 unspecified atom stereocenters. The van der Waals surface area contributed by atoms with Crippen molar-refractivity contribution in [3.05, 3.63) is 54.0 Å². The van der Waals surface area contributed by atoms with Crippen molar-refractivity contribution < 1.29 is 4.79 Å². The lowest BCUT2D eigenvalue weighted by Gasteiger charge is -2.08. The zero-order valence-electron chi connectivity index (χ0n) is 14.2. The predicted octanol–water partition coefficient (Wildman–Crippen LogP) is 2.96. The van der Waals surface area contributed by atoms with Gasteiger partial charge in [0.25, 0.3) is 5.91 Å².